The monoisotopic (exact) mass is 442 g/mol. The van der Waals surface area contributed by atoms with Crippen LogP contribution in [0.25, 0.3) is 11.0 Å². The summed E-state index contributed by atoms with van der Waals surface area (Å²) in [5.74, 6) is -0.401. The molecule has 0 unspecified atom stereocenters. The number of carboxylic acid groups (broad SMARTS) is 1. The molecule has 0 saturated heterocycles. The Balaban J connectivity index is 1.86. The molecule has 1 aliphatic rings. The van der Waals surface area contributed by atoms with Crippen LogP contribution in [0.5, 0.6) is 0 Å². The van der Waals surface area contributed by atoms with Crippen molar-refractivity contribution in [1.29, 1.82) is 5.41 Å². The zero-order valence-electron chi connectivity index (χ0n) is 18.8. The minimum Gasteiger partial charge on any atom is -0.477 e. The van der Waals surface area contributed by atoms with Gasteiger partial charge in [0.1, 0.15) is 22.9 Å². The number of rotatable bonds is 7. The highest BCUT2D eigenvalue weighted by Gasteiger charge is 2.23. The molecule has 2 aromatic heterocycles. The quantitative estimate of drug-likeness (QED) is 0.380. The van der Waals surface area contributed by atoms with Gasteiger partial charge in [0.2, 0.25) is 0 Å². The lowest BCUT2D eigenvalue weighted by Crippen LogP contribution is -2.32. The van der Waals surface area contributed by atoms with Crippen LogP contribution in [-0.2, 0) is 11.3 Å². The maximum atomic E-state index is 11.8. The third-order valence-corrected chi connectivity index (χ3v) is 5.48. The first-order valence-electron chi connectivity index (χ1n) is 10.7. The molecule has 0 atom stereocenters. The molecule has 1 aliphatic heterocycles. The van der Waals surface area contributed by atoms with Crippen LogP contribution in [0.3, 0.4) is 0 Å². The summed E-state index contributed by atoms with van der Waals surface area (Å²) in [6.07, 6.45) is 6.47. The Morgan fingerprint density at radius 3 is 2.67 bits per heavy atom. The fraction of sp³-hybridized carbons (Fsp3) is 0.200. The van der Waals surface area contributed by atoms with Crippen LogP contribution in [0.4, 0.5) is 0 Å². The van der Waals surface area contributed by atoms with E-state index in [2.05, 4.69) is 33.7 Å². The predicted molar refractivity (Wildman–Crippen MR) is 129 cm³/mol. The van der Waals surface area contributed by atoms with Crippen LogP contribution in [0.2, 0.25) is 0 Å². The third kappa shape index (κ3) is 4.41. The number of fused-ring (bicyclic) bond motifs is 1. The molecule has 0 radical (unpaired) electrons. The Bertz CT molecular complexity index is 1300. The van der Waals surface area contributed by atoms with Crippen molar-refractivity contribution in [2.24, 2.45) is 4.99 Å². The summed E-state index contributed by atoms with van der Waals surface area (Å²) in [6, 6.07) is 14.1. The number of carboxylic acids is 1. The predicted octanol–water partition coefficient (Wildman–Crippen LogP) is 3.93. The van der Waals surface area contributed by atoms with E-state index in [-0.39, 0.29) is 17.4 Å². The Kier molecular flexibility index (Phi) is 6.08. The van der Waals surface area contributed by atoms with Gasteiger partial charge in [-0.1, -0.05) is 30.3 Å². The van der Waals surface area contributed by atoms with Crippen molar-refractivity contribution in [2.45, 2.75) is 26.4 Å². The lowest BCUT2D eigenvalue weighted by Gasteiger charge is -2.27. The van der Waals surface area contributed by atoms with Gasteiger partial charge in [0.15, 0.2) is 0 Å². The van der Waals surface area contributed by atoms with Crippen LogP contribution < -0.4 is 5.32 Å². The lowest BCUT2D eigenvalue weighted by molar-refractivity contribution is -0.132. The van der Waals surface area contributed by atoms with E-state index in [1.165, 1.54) is 0 Å². The fourth-order valence-corrected chi connectivity index (χ4v) is 3.79. The van der Waals surface area contributed by atoms with Gasteiger partial charge in [0, 0.05) is 55.3 Å². The van der Waals surface area contributed by atoms with Crippen molar-refractivity contribution in [3.8, 4) is 0 Å². The molecular formula is C25H26N6O2. The molecule has 3 aromatic rings. The standard InChI is InChI=1S/C25H26N6O2/c1-16(2)31-15-20(18-10-7-11-27-24(18)31)21-12-22(29-23(28-21)19(13-26)25(32)33)30(3)14-17-8-5-4-6-9-17/h4-13,15-16,26,29H,14H2,1-3H3,(H,32,33)/b23-19+,26-13?. The maximum Gasteiger partial charge on any atom is 0.341 e. The molecule has 0 bridgehead atoms. The van der Waals surface area contributed by atoms with Crippen LogP contribution in [0.1, 0.15) is 31.0 Å². The van der Waals surface area contributed by atoms with Gasteiger partial charge < -0.3 is 25.3 Å². The Labute approximate surface area is 192 Å². The first kappa shape index (κ1) is 22.0. The molecule has 168 valence electrons. The van der Waals surface area contributed by atoms with Crippen molar-refractivity contribution in [2.75, 3.05) is 7.05 Å². The summed E-state index contributed by atoms with van der Waals surface area (Å²) in [7, 11) is 1.93. The number of allylic oxidation sites excluding steroid dienone is 1. The van der Waals surface area contributed by atoms with E-state index >= 15 is 0 Å². The van der Waals surface area contributed by atoms with Gasteiger partial charge in [-0.3, -0.25) is 0 Å². The Morgan fingerprint density at radius 1 is 1.24 bits per heavy atom. The number of nitrogens with zero attached hydrogens (tertiary/aromatic N) is 4. The summed E-state index contributed by atoms with van der Waals surface area (Å²) in [5, 5.41) is 21.3. The van der Waals surface area contributed by atoms with E-state index in [0.29, 0.717) is 18.1 Å². The highest BCUT2D eigenvalue weighted by Crippen LogP contribution is 2.27. The number of aliphatic imine (C=N–C) groups is 1. The second-order valence-corrected chi connectivity index (χ2v) is 8.12. The van der Waals surface area contributed by atoms with Gasteiger partial charge in [-0.25, -0.2) is 14.8 Å². The Hall–Kier alpha value is -4.20. The summed E-state index contributed by atoms with van der Waals surface area (Å²) in [4.78, 5) is 22.9. The first-order valence-corrected chi connectivity index (χ1v) is 10.7. The molecule has 0 amide bonds. The van der Waals surface area contributed by atoms with E-state index in [0.717, 1.165) is 28.4 Å². The van der Waals surface area contributed by atoms with Crippen molar-refractivity contribution in [1.82, 2.24) is 19.8 Å². The zero-order chi connectivity index (χ0) is 23.5. The topological polar surface area (TPSA) is 107 Å². The number of nitrogens with one attached hydrogen (secondary N) is 2. The van der Waals surface area contributed by atoms with Crippen LogP contribution in [0, 0.1) is 5.41 Å². The Morgan fingerprint density at radius 2 is 2.00 bits per heavy atom. The van der Waals surface area contributed by atoms with Gasteiger partial charge >= 0.3 is 5.97 Å². The van der Waals surface area contributed by atoms with Gasteiger partial charge in [-0.15, -0.1) is 0 Å². The molecule has 1 aromatic carbocycles. The SMILES string of the molecule is CC(C)n1cc(C2=N/C(=C(/C=N)C(=O)O)NC(N(C)Cc3ccccc3)=C2)c2cccnc21. The number of hydrogen-bond donors (Lipinski definition) is 3. The number of hydrogen-bond acceptors (Lipinski definition) is 6. The lowest BCUT2D eigenvalue weighted by atomic mass is 10.1. The average molecular weight is 443 g/mol. The van der Waals surface area contributed by atoms with Crippen LogP contribution >= 0.6 is 0 Å². The molecule has 0 fully saturated rings. The molecule has 8 nitrogen and oxygen atoms in total. The molecular weight excluding hydrogens is 416 g/mol. The van der Waals surface area contributed by atoms with Gasteiger partial charge in [0.25, 0.3) is 0 Å². The molecule has 3 heterocycles. The number of aliphatic carboxylic acids is 1. The molecule has 0 saturated carbocycles. The highest BCUT2D eigenvalue weighted by molar-refractivity contribution is 6.18. The zero-order valence-corrected chi connectivity index (χ0v) is 18.8. The van der Waals surface area contributed by atoms with Crippen molar-refractivity contribution < 1.29 is 9.90 Å². The molecule has 0 spiro atoms. The minimum absolute atomic E-state index is 0.124. The van der Waals surface area contributed by atoms with Gasteiger partial charge in [0.05, 0.1) is 5.71 Å². The molecule has 4 rings (SSSR count). The number of pyridine rings is 1. The normalized spacial score (nSPS) is 15.0. The van der Waals surface area contributed by atoms with Crippen molar-refractivity contribution in [3.05, 3.63) is 89.3 Å². The largest absolute Gasteiger partial charge is 0.477 e. The second kappa shape index (κ2) is 9.12. The molecule has 0 aliphatic carbocycles. The maximum absolute atomic E-state index is 11.8. The summed E-state index contributed by atoms with van der Waals surface area (Å²) in [6.45, 7) is 4.78. The van der Waals surface area contributed by atoms with E-state index in [1.54, 1.807) is 6.20 Å². The number of aromatic nitrogens is 2. The van der Waals surface area contributed by atoms with E-state index in [4.69, 9.17) is 5.41 Å². The number of carbonyl (C=O) groups is 1. The van der Waals surface area contributed by atoms with Crippen molar-refractivity contribution in [3.63, 3.8) is 0 Å². The summed E-state index contributed by atoms with van der Waals surface area (Å²) < 4.78 is 2.08. The average Bonchev–Trinajstić information content (AvgIpc) is 3.20. The van der Waals surface area contributed by atoms with E-state index in [9.17, 15) is 9.90 Å². The molecule has 33 heavy (non-hydrogen) atoms. The van der Waals surface area contributed by atoms with Crippen molar-refractivity contribution >= 4 is 28.9 Å². The van der Waals surface area contributed by atoms with Gasteiger partial charge in [-0.2, -0.15) is 0 Å². The first-order chi connectivity index (χ1) is 15.9. The van der Waals surface area contributed by atoms with Crippen LogP contribution in [-0.4, -0.2) is 44.5 Å². The summed E-state index contributed by atoms with van der Waals surface area (Å²) in [5.41, 5.74) is 3.20. The smallest absolute Gasteiger partial charge is 0.341 e. The fourth-order valence-electron chi connectivity index (χ4n) is 3.79. The highest BCUT2D eigenvalue weighted by atomic mass is 16.4. The molecule has 8 heteroatoms. The second-order valence-electron chi connectivity index (χ2n) is 8.12. The van der Waals surface area contributed by atoms with E-state index in [1.807, 2.05) is 66.7 Å². The number of benzene rings is 1. The molecule has 3 N–H and O–H groups in total. The third-order valence-electron chi connectivity index (χ3n) is 5.48. The summed E-state index contributed by atoms with van der Waals surface area (Å²) >= 11 is 0. The van der Waals surface area contributed by atoms with Crippen LogP contribution in [0.15, 0.2) is 83.1 Å². The minimum atomic E-state index is -1.21. The van der Waals surface area contributed by atoms with E-state index < -0.39 is 5.97 Å². The van der Waals surface area contributed by atoms with Gasteiger partial charge in [-0.05, 0) is 31.5 Å².